The molecule has 1 amide bonds. The predicted molar refractivity (Wildman–Crippen MR) is 77.3 cm³/mol. The molecule has 2 atom stereocenters. The van der Waals surface area contributed by atoms with Crippen LogP contribution < -0.4 is 5.32 Å². The molecular weight excluding hydrogens is 271 g/mol. The minimum atomic E-state index is -0.260. The molecule has 1 aromatic carbocycles. The Morgan fingerprint density at radius 3 is 2.71 bits per heavy atom. The number of ether oxygens (including phenoxy) is 1. The Bertz CT molecular complexity index is 502. The van der Waals surface area contributed by atoms with Crippen LogP contribution in [0.25, 0.3) is 0 Å². The number of nitrogens with zero attached hydrogens (tertiary/aromatic N) is 1. The molecule has 0 bridgehead atoms. The lowest BCUT2D eigenvalue weighted by atomic mass is 10.1. The first-order chi connectivity index (χ1) is 10.1. The summed E-state index contributed by atoms with van der Waals surface area (Å²) < 4.78 is 18.9. The van der Waals surface area contributed by atoms with Gasteiger partial charge in [-0.05, 0) is 37.5 Å². The third-order valence-electron chi connectivity index (χ3n) is 3.97. The van der Waals surface area contributed by atoms with Gasteiger partial charge in [0.15, 0.2) is 0 Å². The maximum absolute atomic E-state index is 13.0. The topological polar surface area (TPSA) is 41.6 Å². The van der Waals surface area contributed by atoms with Crippen LogP contribution in [-0.2, 0) is 9.53 Å². The lowest BCUT2D eigenvalue weighted by Crippen LogP contribution is -2.48. The van der Waals surface area contributed by atoms with Gasteiger partial charge in [0, 0.05) is 12.6 Å². The number of hydrogen-bond donors (Lipinski definition) is 1. The number of rotatable bonds is 4. The number of carbonyl (C=O) groups excluding carboxylic acids is 1. The van der Waals surface area contributed by atoms with Crippen molar-refractivity contribution in [1.29, 1.82) is 0 Å². The molecule has 21 heavy (non-hydrogen) atoms. The Labute approximate surface area is 124 Å². The molecule has 2 unspecified atom stereocenters. The summed E-state index contributed by atoms with van der Waals surface area (Å²) >= 11 is 0. The highest BCUT2D eigenvalue weighted by atomic mass is 19.1. The number of amides is 1. The lowest BCUT2D eigenvalue weighted by Gasteiger charge is -2.37. The van der Waals surface area contributed by atoms with E-state index in [0.717, 1.165) is 5.56 Å². The van der Waals surface area contributed by atoms with E-state index in [0.29, 0.717) is 25.7 Å². The van der Waals surface area contributed by atoms with E-state index < -0.39 is 0 Å². The Morgan fingerprint density at radius 1 is 1.33 bits per heavy atom. The highest BCUT2D eigenvalue weighted by Crippen LogP contribution is 2.25. The van der Waals surface area contributed by atoms with Gasteiger partial charge < -0.3 is 15.0 Å². The number of benzene rings is 1. The zero-order valence-corrected chi connectivity index (χ0v) is 12.2. The molecule has 2 aliphatic rings. The molecule has 0 spiro atoms. The van der Waals surface area contributed by atoms with Crippen molar-refractivity contribution >= 4 is 5.91 Å². The van der Waals surface area contributed by atoms with Crippen LogP contribution in [0.15, 0.2) is 24.3 Å². The second-order valence-corrected chi connectivity index (χ2v) is 5.94. The van der Waals surface area contributed by atoms with Crippen molar-refractivity contribution in [3.8, 4) is 0 Å². The van der Waals surface area contributed by atoms with Crippen LogP contribution in [0, 0.1) is 5.82 Å². The largest absolute Gasteiger partial charge is 0.367 e. The molecule has 1 aliphatic carbocycles. The van der Waals surface area contributed by atoms with Gasteiger partial charge in [-0.1, -0.05) is 12.1 Å². The van der Waals surface area contributed by atoms with E-state index in [-0.39, 0.29) is 23.9 Å². The van der Waals surface area contributed by atoms with Gasteiger partial charge in [-0.15, -0.1) is 0 Å². The van der Waals surface area contributed by atoms with Crippen LogP contribution in [-0.4, -0.2) is 42.6 Å². The average Bonchev–Trinajstić information content (AvgIpc) is 3.29. The van der Waals surface area contributed by atoms with Crippen molar-refractivity contribution in [3.05, 3.63) is 35.6 Å². The summed E-state index contributed by atoms with van der Waals surface area (Å²) in [7, 11) is 0. The van der Waals surface area contributed by atoms with E-state index in [2.05, 4.69) is 5.32 Å². The molecule has 1 saturated carbocycles. The Hall–Kier alpha value is -1.46. The summed E-state index contributed by atoms with van der Waals surface area (Å²) in [5, 5.41) is 3.25. The molecule has 5 heteroatoms. The first-order valence-corrected chi connectivity index (χ1v) is 7.54. The number of halogens is 1. The monoisotopic (exact) mass is 292 g/mol. The third-order valence-corrected chi connectivity index (χ3v) is 3.97. The van der Waals surface area contributed by atoms with Gasteiger partial charge in [-0.25, -0.2) is 4.39 Å². The SMILES string of the molecule is CC1CN(C(=O)CNC2CC2)CC(c2ccc(F)cc2)O1. The van der Waals surface area contributed by atoms with Crippen LogP contribution in [0.5, 0.6) is 0 Å². The van der Waals surface area contributed by atoms with Crippen LogP contribution in [0.4, 0.5) is 4.39 Å². The van der Waals surface area contributed by atoms with Crippen molar-refractivity contribution in [2.45, 2.75) is 38.0 Å². The lowest BCUT2D eigenvalue weighted by molar-refractivity contribution is -0.144. The standard InChI is InChI=1S/C16H21FN2O2/c1-11-9-19(16(20)8-18-14-6-7-14)10-15(21-11)12-2-4-13(17)5-3-12/h2-5,11,14-15,18H,6-10H2,1H3. The fourth-order valence-electron chi connectivity index (χ4n) is 2.65. The molecular formula is C16H21FN2O2. The Balaban J connectivity index is 1.62. The fraction of sp³-hybridized carbons (Fsp3) is 0.562. The van der Waals surface area contributed by atoms with Gasteiger partial charge in [0.2, 0.25) is 5.91 Å². The zero-order chi connectivity index (χ0) is 14.8. The minimum Gasteiger partial charge on any atom is -0.367 e. The highest BCUT2D eigenvalue weighted by Gasteiger charge is 2.30. The summed E-state index contributed by atoms with van der Waals surface area (Å²) in [6.07, 6.45) is 2.15. The van der Waals surface area contributed by atoms with Gasteiger partial charge in [0.25, 0.3) is 0 Å². The van der Waals surface area contributed by atoms with Crippen LogP contribution in [0.1, 0.15) is 31.4 Å². The Morgan fingerprint density at radius 2 is 2.05 bits per heavy atom. The van der Waals surface area contributed by atoms with Crippen molar-refractivity contribution in [3.63, 3.8) is 0 Å². The van der Waals surface area contributed by atoms with Crippen molar-refractivity contribution in [1.82, 2.24) is 10.2 Å². The average molecular weight is 292 g/mol. The van der Waals surface area contributed by atoms with Gasteiger partial charge in [0.05, 0.1) is 19.2 Å². The van der Waals surface area contributed by atoms with E-state index in [1.807, 2.05) is 11.8 Å². The number of hydrogen-bond acceptors (Lipinski definition) is 3. The summed E-state index contributed by atoms with van der Waals surface area (Å²) in [5.74, 6) is -0.145. The quantitative estimate of drug-likeness (QED) is 0.921. The van der Waals surface area contributed by atoms with Gasteiger partial charge >= 0.3 is 0 Å². The number of nitrogens with one attached hydrogen (secondary N) is 1. The van der Waals surface area contributed by atoms with Crippen molar-refractivity contribution in [2.75, 3.05) is 19.6 Å². The molecule has 1 saturated heterocycles. The first kappa shape index (κ1) is 14.5. The third kappa shape index (κ3) is 3.80. The summed E-state index contributed by atoms with van der Waals surface area (Å²) in [6.45, 7) is 3.50. The van der Waals surface area contributed by atoms with E-state index in [1.165, 1.54) is 25.0 Å². The molecule has 4 nitrogen and oxygen atoms in total. The Kier molecular flexibility index (Phi) is 4.22. The molecule has 0 radical (unpaired) electrons. The summed E-state index contributed by atoms with van der Waals surface area (Å²) in [5.41, 5.74) is 0.913. The van der Waals surface area contributed by atoms with E-state index >= 15 is 0 Å². The van der Waals surface area contributed by atoms with Crippen molar-refractivity contribution in [2.24, 2.45) is 0 Å². The summed E-state index contributed by atoms with van der Waals surface area (Å²) in [6, 6.07) is 6.84. The maximum atomic E-state index is 13.0. The molecule has 0 aromatic heterocycles. The number of morpholine rings is 1. The summed E-state index contributed by atoms with van der Waals surface area (Å²) in [4.78, 5) is 14.1. The van der Waals surface area contributed by atoms with Gasteiger partial charge in [-0.3, -0.25) is 4.79 Å². The van der Waals surface area contributed by atoms with Gasteiger partial charge in [-0.2, -0.15) is 0 Å². The molecule has 3 rings (SSSR count). The molecule has 1 aromatic rings. The first-order valence-electron chi connectivity index (χ1n) is 7.54. The van der Waals surface area contributed by atoms with Crippen LogP contribution in [0.3, 0.4) is 0 Å². The highest BCUT2D eigenvalue weighted by molar-refractivity contribution is 5.78. The molecule has 1 N–H and O–H groups in total. The molecule has 1 aliphatic heterocycles. The fourth-order valence-corrected chi connectivity index (χ4v) is 2.65. The van der Waals surface area contributed by atoms with Crippen LogP contribution in [0.2, 0.25) is 0 Å². The van der Waals surface area contributed by atoms with E-state index in [1.54, 1.807) is 12.1 Å². The normalized spacial score (nSPS) is 25.9. The van der Waals surface area contributed by atoms with E-state index in [4.69, 9.17) is 4.74 Å². The van der Waals surface area contributed by atoms with Crippen molar-refractivity contribution < 1.29 is 13.9 Å². The number of carbonyl (C=O) groups is 1. The van der Waals surface area contributed by atoms with Crippen LogP contribution >= 0.6 is 0 Å². The maximum Gasteiger partial charge on any atom is 0.236 e. The predicted octanol–water partition coefficient (Wildman–Crippen LogP) is 1.87. The van der Waals surface area contributed by atoms with E-state index in [9.17, 15) is 9.18 Å². The van der Waals surface area contributed by atoms with Gasteiger partial charge in [0.1, 0.15) is 11.9 Å². The minimum absolute atomic E-state index is 0.0151. The second-order valence-electron chi connectivity index (χ2n) is 5.94. The second kappa shape index (κ2) is 6.12. The molecule has 2 fully saturated rings. The molecule has 114 valence electrons. The zero-order valence-electron chi connectivity index (χ0n) is 12.2. The smallest absolute Gasteiger partial charge is 0.236 e. The molecule has 1 heterocycles.